The second-order valence-electron chi connectivity index (χ2n) is 22.4. The van der Waals surface area contributed by atoms with Gasteiger partial charge in [-0.2, -0.15) is 0 Å². The van der Waals surface area contributed by atoms with Gasteiger partial charge in [-0.1, -0.05) is 39.5 Å². The zero-order valence-electron chi connectivity index (χ0n) is 43.3. The van der Waals surface area contributed by atoms with E-state index in [0.29, 0.717) is 0 Å². The number of nitrogens with zero attached hydrogens (tertiary/aromatic N) is 2. The number of nitrogens with one attached hydrogen (secondary N) is 1. The number of benzene rings is 2. The molecule has 7 heteroatoms. The Kier molecular flexibility index (Phi) is 28.7. The first-order chi connectivity index (χ1) is 25.1. The van der Waals surface area contributed by atoms with Crippen molar-refractivity contribution in [1.29, 1.82) is 0 Å². The van der Waals surface area contributed by atoms with Gasteiger partial charge in [-0.3, -0.25) is 0 Å². The first-order valence-electron chi connectivity index (χ1n) is 21.5. The van der Waals surface area contributed by atoms with E-state index >= 15 is 0 Å². The van der Waals surface area contributed by atoms with Crippen LogP contribution >= 0.6 is 13.8 Å². The van der Waals surface area contributed by atoms with Gasteiger partial charge in [0.2, 0.25) is 0 Å². The topological polar surface area (TPSA) is 18.5 Å². The van der Waals surface area contributed by atoms with Crippen molar-refractivity contribution in [2.75, 3.05) is 55.4 Å². The Balaban J connectivity index is -0.00000135. The van der Waals surface area contributed by atoms with Crippen LogP contribution in [0.4, 0.5) is 0 Å². The molecule has 0 aliphatic carbocycles. The third-order valence-electron chi connectivity index (χ3n) is 9.42. The monoisotopic (exact) mass is 882 g/mol. The van der Waals surface area contributed by atoms with Crippen molar-refractivity contribution < 1.29 is 18.9 Å². The molecule has 0 aromatic heterocycles. The Bertz CT molecular complexity index is 1360. The van der Waals surface area contributed by atoms with Crippen molar-refractivity contribution in [3.63, 3.8) is 0 Å². The van der Waals surface area contributed by atoms with Gasteiger partial charge in [-0.15, -0.1) is 0 Å². The fourth-order valence-corrected chi connectivity index (χ4v) is 15.5. The van der Waals surface area contributed by atoms with E-state index in [1.165, 1.54) is 50.6 Å². The van der Waals surface area contributed by atoms with Crippen LogP contribution in [0.3, 0.4) is 0 Å². The quantitative estimate of drug-likeness (QED) is 0.154. The van der Waals surface area contributed by atoms with Gasteiger partial charge in [-0.05, 0) is 42.3 Å². The van der Waals surface area contributed by atoms with Gasteiger partial charge in [-0.25, -0.2) is 0 Å². The van der Waals surface area contributed by atoms with E-state index in [2.05, 4.69) is 206 Å². The second kappa shape index (κ2) is 26.6. The number of hydrogen-bond donors (Lipinski definition) is 1. The summed E-state index contributed by atoms with van der Waals surface area (Å²) in [5.74, 6) is 0. The fraction of sp³-hybridized carbons (Fsp3) is 0.760. The van der Waals surface area contributed by atoms with Crippen LogP contribution in [0.25, 0.3) is 0 Å². The molecule has 0 bridgehead atoms. The fourth-order valence-electron chi connectivity index (χ4n) is 5.65. The van der Waals surface area contributed by atoms with E-state index < -0.39 is 0 Å². The molecular weight excluding hydrogens is 786 g/mol. The van der Waals surface area contributed by atoms with E-state index in [1.54, 1.807) is 32.9 Å². The van der Waals surface area contributed by atoms with E-state index in [-0.39, 0.29) is 65.7 Å². The molecule has 2 aromatic carbocycles. The summed E-state index contributed by atoms with van der Waals surface area (Å²) < 4.78 is 0. The Morgan fingerprint density at radius 1 is 0.509 bits per heavy atom. The summed E-state index contributed by atoms with van der Waals surface area (Å²) in [4.78, 5) is 4.36. The number of hydrogen-bond acceptors (Lipinski definition) is 3. The Hall–Kier alpha value is 0.206. The maximum atomic E-state index is 2.75. The molecule has 0 saturated heterocycles. The number of rotatable bonds is 9. The van der Waals surface area contributed by atoms with Crippen LogP contribution < -0.4 is 34.8 Å². The van der Waals surface area contributed by atoms with Crippen molar-refractivity contribution >= 4 is 38.8 Å². The molecule has 0 unspecified atom stereocenters. The predicted molar refractivity (Wildman–Crippen MR) is 266 cm³/mol. The van der Waals surface area contributed by atoms with Gasteiger partial charge in [0, 0.05) is 13.1 Å². The van der Waals surface area contributed by atoms with Gasteiger partial charge in [0.05, 0.1) is 0 Å². The summed E-state index contributed by atoms with van der Waals surface area (Å²) in [5.41, 5.74) is 9.84. The zero-order valence-corrected chi connectivity index (χ0v) is 47.0. The summed E-state index contributed by atoms with van der Waals surface area (Å²) in [7, 11) is 13.6. The van der Waals surface area contributed by atoms with Crippen molar-refractivity contribution in [2.24, 2.45) is 0 Å². The average Bonchev–Trinajstić information content (AvgIpc) is 3.00. The maximum absolute atomic E-state index is 2.75. The van der Waals surface area contributed by atoms with Gasteiger partial charge in [0.15, 0.2) is 0 Å². The minimum atomic E-state index is 0. The predicted octanol–water partition coefficient (Wildman–Crippen LogP) is 10.4. The molecule has 0 aliphatic heterocycles. The first kappa shape index (κ1) is 61.5. The normalized spacial score (nSPS) is 12.9. The van der Waals surface area contributed by atoms with Crippen LogP contribution in [0, 0.1) is 0 Å². The summed E-state index contributed by atoms with van der Waals surface area (Å²) in [5, 5.41) is 5.94. The average molecular weight is 882 g/mol. The minimum Gasteiger partial charge on any atom is -0.323 e. The van der Waals surface area contributed by atoms with E-state index in [0.717, 1.165) is 13.1 Å². The maximum Gasteiger partial charge on any atom is 1.00 e. The Labute approximate surface area is 380 Å². The molecule has 0 atom stereocenters. The smallest absolute Gasteiger partial charge is 0.323 e. The van der Waals surface area contributed by atoms with E-state index in [4.69, 9.17) is 0 Å². The summed E-state index contributed by atoms with van der Waals surface area (Å²) in [6.07, 6.45) is 5.54. The summed E-state index contributed by atoms with van der Waals surface area (Å²) in [6, 6.07) is 10.1. The van der Waals surface area contributed by atoms with Crippen molar-refractivity contribution in [2.45, 2.75) is 197 Å². The van der Waals surface area contributed by atoms with Gasteiger partial charge in [0.25, 0.3) is 0 Å². The molecular formula is C50H95AsLiN3P2. The molecule has 326 valence electrons. The molecule has 2 rings (SSSR count). The van der Waals surface area contributed by atoms with Gasteiger partial charge < -0.3 is 15.1 Å². The molecule has 0 aliphatic rings. The van der Waals surface area contributed by atoms with Crippen LogP contribution in [0.15, 0.2) is 24.3 Å². The second-order valence-corrected chi connectivity index (χ2v) is 30.3. The van der Waals surface area contributed by atoms with Crippen LogP contribution in [0.1, 0.15) is 198 Å². The van der Waals surface area contributed by atoms with Crippen molar-refractivity contribution in [3.05, 3.63) is 57.6 Å². The van der Waals surface area contributed by atoms with E-state index in [1.807, 2.05) is 14.1 Å². The molecule has 0 fully saturated rings. The van der Waals surface area contributed by atoms with E-state index in [9.17, 15) is 0 Å². The summed E-state index contributed by atoms with van der Waals surface area (Å²) >= 11 is 0.0573. The molecule has 0 amide bonds. The Morgan fingerprint density at radius 2 is 0.772 bits per heavy atom. The molecule has 3 nitrogen and oxygen atoms in total. The standard InChI is InChI=1S/C36H58AsP2.C6H16N2.C6H14.C2H7N.Li/c1-31(2,3)23-19-25(33(7,8)9)29(26(20-23)34(10,11)12)38-37-39-30-27(35(13,14)15)21-24(32(4,5)6)22-28(30)36(16,17)18;1-7(2)5-6-8(3)4;1-3-5-6-4-2;1-3-2;/h19-22H,1-18H3;5-6H2,1-4H3;3-6H2,1-2H3;3H,1-2H3;/q-1;;;;+1. The van der Waals surface area contributed by atoms with Gasteiger partial charge >= 0.3 is 272 Å². The molecule has 0 radical (unpaired) electrons. The molecule has 1 N–H and O–H groups in total. The van der Waals surface area contributed by atoms with Crippen LogP contribution in [0.2, 0.25) is 0 Å². The number of likely N-dealkylation sites (N-methyl/N-ethyl adjacent to an activating group) is 2. The van der Waals surface area contributed by atoms with Crippen LogP contribution in [-0.4, -0.2) is 79.5 Å². The zero-order chi connectivity index (χ0) is 44.7. The SMILES string of the molecule is CC(C)(C)c1cc(C(C)(C)C)c(P=[As][P-]c2c(C(C)(C)C)cc(C(C)(C)C)cc2C(C)(C)C)c(C(C)(C)C)c1.CCCCCC.CN(C)CCN(C)C.CNC.[Li+]. The Morgan fingerprint density at radius 3 is 0.982 bits per heavy atom. The third-order valence-corrected chi connectivity index (χ3v) is 17.4. The molecule has 57 heavy (non-hydrogen) atoms. The van der Waals surface area contributed by atoms with Gasteiger partial charge in [0.1, 0.15) is 0 Å². The summed E-state index contributed by atoms with van der Waals surface area (Å²) in [6.45, 7) is 51.2. The minimum absolute atomic E-state index is 0. The third kappa shape index (κ3) is 24.4. The molecule has 0 saturated carbocycles. The first-order valence-corrected chi connectivity index (χ1v) is 28.2. The number of unbranched alkanes of at least 4 members (excludes halogenated alkanes) is 3. The van der Waals surface area contributed by atoms with Crippen LogP contribution in [0.5, 0.6) is 0 Å². The largest absolute Gasteiger partial charge is 1.00 e. The van der Waals surface area contributed by atoms with Crippen molar-refractivity contribution in [3.8, 4) is 0 Å². The molecule has 0 heterocycles. The van der Waals surface area contributed by atoms with Crippen LogP contribution in [-0.2, 0) is 32.5 Å². The molecule has 2 aromatic rings. The molecule has 0 spiro atoms. The van der Waals surface area contributed by atoms with Crippen molar-refractivity contribution in [1.82, 2.24) is 15.1 Å².